The summed E-state index contributed by atoms with van der Waals surface area (Å²) in [6, 6.07) is 5.69. The number of hydrogen-bond donors (Lipinski definition) is 3. The number of aliphatic carboxylic acids is 1. The van der Waals surface area contributed by atoms with E-state index in [-0.39, 0.29) is 18.1 Å². The lowest BCUT2D eigenvalue weighted by Crippen LogP contribution is -2.62. The van der Waals surface area contributed by atoms with Crippen LogP contribution in [0.25, 0.3) is 5.57 Å². The van der Waals surface area contributed by atoms with Crippen molar-refractivity contribution in [1.29, 1.82) is 0 Å². The van der Waals surface area contributed by atoms with Gasteiger partial charge in [-0.05, 0) is 40.7 Å². The maximum atomic E-state index is 13.1. The normalized spacial score (nSPS) is 20.7. The predicted molar refractivity (Wildman–Crippen MR) is 106 cm³/mol. The third-order valence-electron chi connectivity index (χ3n) is 6.03. The molecule has 0 amide bonds. The number of carboxylic acids is 1. The molecule has 0 atom stereocenters. The molecule has 30 heavy (non-hydrogen) atoms. The Morgan fingerprint density at radius 3 is 2.53 bits per heavy atom. The second-order valence-electron chi connectivity index (χ2n) is 8.20. The first-order valence-corrected chi connectivity index (χ1v) is 9.83. The molecule has 8 heteroatoms. The van der Waals surface area contributed by atoms with Gasteiger partial charge in [0.2, 0.25) is 0 Å². The van der Waals surface area contributed by atoms with Gasteiger partial charge < -0.3 is 15.3 Å². The van der Waals surface area contributed by atoms with Gasteiger partial charge in [0, 0.05) is 18.7 Å². The first kappa shape index (κ1) is 20.7. The molecule has 1 fully saturated rings. The minimum absolute atomic E-state index is 0.0910. The smallest absolute Gasteiger partial charge is 0.416 e. The van der Waals surface area contributed by atoms with Crippen LogP contribution in [0.2, 0.25) is 0 Å². The van der Waals surface area contributed by atoms with Crippen molar-refractivity contribution in [3.63, 3.8) is 0 Å². The summed E-state index contributed by atoms with van der Waals surface area (Å²) in [5.74, 6) is -0.590. The van der Waals surface area contributed by atoms with E-state index in [1.165, 1.54) is 6.08 Å². The Morgan fingerprint density at radius 2 is 1.97 bits per heavy atom. The summed E-state index contributed by atoms with van der Waals surface area (Å²) in [6.07, 6.45) is -2.11. The van der Waals surface area contributed by atoms with Crippen LogP contribution in [0.3, 0.4) is 0 Å². The van der Waals surface area contributed by atoms with E-state index in [9.17, 15) is 23.1 Å². The molecular formula is C22H23F3N2O3. The number of alkyl halides is 3. The summed E-state index contributed by atoms with van der Waals surface area (Å²) in [6.45, 7) is 5.12. The van der Waals surface area contributed by atoms with E-state index < -0.39 is 23.1 Å². The molecule has 0 unspecified atom stereocenters. The number of carbonyl (C=O) groups is 1. The Bertz CT molecular complexity index is 986. The van der Waals surface area contributed by atoms with Crippen LogP contribution in [0.4, 0.5) is 13.2 Å². The van der Waals surface area contributed by atoms with Crippen LogP contribution in [0.15, 0.2) is 47.3 Å². The minimum Gasteiger partial charge on any atom is -0.481 e. The number of hydroxylamine groups is 1. The van der Waals surface area contributed by atoms with Gasteiger partial charge in [-0.2, -0.15) is 18.7 Å². The lowest BCUT2D eigenvalue weighted by Gasteiger charge is -2.41. The summed E-state index contributed by atoms with van der Waals surface area (Å²) >= 11 is 0. The predicted octanol–water partition coefficient (Wildman–Crippen LogP) is 3.80. The van der Waals surface area contributed by atoms with E-state index >= 15 is 0 Å². The van der Waals surface area contributed by atoms with E-state index in [1.807, 2.05) is 32.0 Å². The van der Waals surface area contributed by atoms with Crippen LogP contribution in [0.1, 0.15) is 42.9 Å². The van der Waals surface area contributed by atoms with Crippen LogP contribution >= 0.6 is 0 Å². The highest BCUT2D eigenvalue weighted by atomic mass is 19.4. The molecule has 2 aliphatic heterocycles. The molecule has 0 saturated carbocycles. The highest BCUT2D eigenvalue weighted by molar-refractivity contribution is 5.85. The summed E-state index contributed by atoms with van der Waals surface area (Å²) in [7, 11) is 0. The third-order valence-corrected chi connectivity index (χ3v) is 6.03. The first-order chi connectivity index (χ1) is 14.1. The Morgan fingerprint density at radius 1 is 1.23 bits per heavy atom. The Labute approximate surface area is 172 Å². The quantitative estimate of drug-likeness (QED) is 0.691. The van der Waals surface area contributed by atoms with Gasteiger partial charge in [-0.25, -0.2) is 0 Å². The van der Waals surface area contributed by atoms with Crippen LogP contribution < -0.4 is 10.8 Å². The number of halogens is 3. The number of carboxylic acid groups (broad SMARTS) is 1. The van der Waals surface area contributed by atoms with Crippen molar-refractivity contribution in [1.82, 2.24) is 10.8 Å². The third kappa shape index (κ3) is 3.33. The summed E-state index contributed by atoms with van der Waals surface area (Å²) in [4.78, 5) is 17.3. The largest absolute Gasteiger partial charge is 0.481 e. The summed E-state index contributed by atoms with van der Waals surface area (Å²) in [5, 5.41) is 12.9. The molecule has 1 aromatic rings. The van der Waals surface area contributed by atoms with Gasteiger partial charge >= 0.3 is 12.1 Å². The minimum atomic E-state index is -4.42. The van der Waals surface area contributed by atoms with Crippen LogP contribution in [0, 0.1) is 0 Å². The maximum absolute atomic E-state index is 13.1. The van der Waals surface area contributed by atoms with Crippen LogP contribution in [-0.2, 0) is 15.0 Å². The molecule has 0 aromatic heterocycles. The molecule has 5 nitrogen and oxygen atoms in total. The zero-order valence-corrected chi connectivity index (χ0v) is 16.7. The number of nitrogens with one attached hydrogen (secondary N) is 2. The Balaban J connectivity index is 1.77. The van der Waals surface area contributed by atoms with Crippen molar-refractivity contribution in [2.24, 2.45) is 0 Å². The van der Waals surface area contributed by atoms with Gasteiger partial charge in [0.05, 0.1) is 12.1 Å². The van der Waals surface area contributed by atoms with Gasteiger partial charge in [0.25, 0.3) is 0 Å². The van der Waals surface area contributed by atoms with Crippen molar-refractivity contribution in [2.75, 3.05) is 19.6 Å². The fourth-order valence-electron chi connectivity index (χ4n) is 4.23. The van der Waals surface area contributed by atoms with E-state index in [0.717, 1.165) is 28.3 Å². The van der Waals surface area contributed by atoms with E-state index in [0.29, 0.717) is 25.2 Å². The standard InChI is InChI=1S/C22H23F3N2O3/c1-12(2)16-7-13(3-6-18(16)21(20(28)29)10-26-11-21)17-9-27-30-19-8-14(22(23,24)25)4-5-15(17)19/h3-4,6-8,12,26-27H,5,9-11H2,1-2H3,(H,28,29). The molecule has 2 heterocycles. The molecule has 3 N–H and O–H groups in total. The van der Waals surface area contributed by atoms with Gasteiger partial charge in [0.1, 0.15) is 5.41 Å². The molecule has 0 bridgehead atoms. The maximum Gasteiger partial charge on any atom is 0.416 e. The summed E-state index contributed by atoms with van der Waals surface area (Å²) < 4.78 is 39.2. The SMILES string of the molecule is CC(C)c1cc(C2=C3CC=C(C(F)(F)F)C=C3ONC2)ccc1C1(C(=O)O)CNC1. The zero-order valence-electron chi connectivity index (χ0n) is 16.7. The molecule has 0 radical (unpaired) electrons. The topological polar surface area (TPSA) is 70.6 Å². The average Bonchev–Trinajstić information content (AvgIpc) is 2.65. The first-order valence-electron chi connectivity index (χ1n) is 9.83. The van der Waals surface area contributed by atoms with Crippen molar-refractivity contribution < 1.29 is 27.9 Å². The van der Waals surface area contributed by atoms with Gasteiger partial charge in [-0.15, -0.1) is 0 Å². The monoisotopic (exact) mass is 420 g/mol. The molecule has 1 aromatic carbocycles. The van der Waals surface area contributed by atoms with Crippen molar-refractivity contribution >= 4 is 11.5 Å². The Kier molecular flexibility index (Phi) is 5.02. The van der Waals surface area contributed by atoms with E-state index in [2.05, 4.69) is 10.8 Å². The molecule has 3 aliphatic rings. The lowest BCUT2D eigenvalue weighted by atomic mass is 9.71. The number of benzene rings is 1. The molecule has 160 valence electrons. The average molecular weight is 420 g/mol. The lowest BCUT2D eigenvalue weighted by molar-refractivity contribution is -0.146. The van der Waals surface area contributed by atoms with Gasteiger partial charge in [0.15, 0.2) is 5.76 Å². The number of rotatable bonds is 4. The molecule has 4 rings (SSSR count). The van der Waals surface area contributed by atoms with Crippen molar-refractivity contribution in [3.05, 3.63) is 63.9 Å². The van der Waals surface area contributed by atoms with Crippen LogP contribution in [0.5, 0.6) is 0 Å². The van der Waals surface area contributed by atoms with E-state index in [4.69, 9.17) is 4.84 Å². The number of allylic oxidation sites excluding steroid dienone is 4. The zero-order chi connectivity index (χ0) is 21.7. The molecule has 1 saturated heterocycles. The fraction of sp³-hybridized carbons (Fsp3) is 0.409. The number of hydrogen-bond acceptors (Lipinski definition) is 4. The number of fused-ring (bicyclic) bond motifs is 1. The van der Waals surface area contributed by atoms with Crippen molar-refractivity contribution in [3.8, 4) is 0 Å². The second-order valence-corrected chi connectivity index (χ2v) is 8.20. The van der Waals surface area contributed by atoms with Crippen molar-refractivity contribution in [2.45, 2.75) is 37.8 Å². The van der Waals surface area contributed by atoms with Gasteiger partial charge in [-0.1, -0.05) is 38.1 Å². The second kappa shape index (κ2) is 7.28. The van der Waals surface area contributed by atoms with Crippen LogP contribution in [-0.4, -0.2) is 36.9 Å². The highest BCUT2D eigenvalue weighted by Crippen LogP contribution is 2.40. The molecule has 0 spiro atoms. The Hall–Kier alpha value is -2.58. The summed E-state index contributed by atoms with van der Waals surface area (Å²) in [5.41, 5.74) is 5.20. The molecular weight excluding hydrogens is 397 g/mol. The fourth-order valence-corrected chi connectivity index (χ4v) is 4.23. The van der Waals surface area contributed by atoms with E-state index in [1.54, 1.807) is 0 Å². The molecule has 1 aliphatic carbocycles. The van der Waals surface area contributed by atoms with Gasteiger partial charge in [-0.3, -0.25) is 4.79 Å². The highest BCUT2D eigenvalue weighted by Gasteiger charge is 2.47.